The first kappa shape index (κ1) is 6.92. The van der Waals surface area contributed by atoms with E-state index >= 15 is 0 Å². The predicted octanol–water partition coefficient (Wildman–Crippen LogP) is 0.476. The molecule has 1 rings (SSSR count). The number of rotatable bonds is 2. The Kier molecular flexibility index (Phi) is 2.15. The molecule has 0 aromatic carbocycles. The van der Waals surface area contributed by atoms with E-state index in [0.29, 0.717) is 0 Å². The summed E-state index contributed by atoms with van der Waals surface area (Å²) >= 11 is 0. The fraction of sp³-hybridized carbons (Fsp3) is 0.500. The van der Waals surface area contributed by atoms with Gasteiger partial charge in [-0.3, -0.25) is 0 Å². The molecular weight excluding hydrogens is 128 g/mol. The summed E-state index contributed by atoms with van der Waals surface area (Å²) in [6, 6.07) is 0. The van der Waals surface area contributed by atoms with Crippen LogP contribution in [0, 0.1) is 0 Å². The number of nitrogens with one attached hydrogen (secondary N) is 1. The molecule has 0 radical (unpaired) electrons. The van der Waals surface area contributed by atoms with Crippen molar-refractivity contribution in [2.45, 2.75) is 13.3 Å². The van der Waals surface area contributed by atoms with E-state index < -0.39 is 0 Å². The Morgan fingerprint density at radius 1 is 1.60 bits per heavy atom. The van der Waals surface area contributed by atoms with Crippen LogP contribution < -0.4 is 5.32 Å². The van der Waals surface area contributed by atoms with Gasteiger partial charge in [-0.2, -0.15) is 5.10 Å². The van der Waals surface area contributed by atoms with Crippen molar-refractivity contribution in [1.82, 2.24) is 15.2 Å². The molecule has 4 heteroatoms. The van der Waals surface area contributed by atoms with Crippen LogP contribution in [0.15, 0.2) is 6.33 Å². The zero-order valence-corrected chi connectivity index (χ0v) is 6.13. The van der Waals surface area contributed by atoms with E-state index in [2.05, 4.69) is 20.5 Å². The SMILES string of the molecule is CCc1nncnc1NC. The molecule has 0 fully saturated rings. The van der Waals surface area contributed by atoms with Gasteiger partial charge in [-0.05, 0) is 6.42 Å². The van der Waals surface area contributed by atoms with Crippen LogP contribution in [0.1, 0.15) is 12.6 Å². The summed E-state index contributed by atoms with van der Waals surface area (Å²) in [7, 11) is 1.82. The number of aryl methyl sites for hydroxylation is 1. The third kappa shape index (κ3) is 1.21. The van der Waals surface area contributed by atoms with Gasteiger partial charge in [0.25, 0.3) is 0 Å². The Morgan fingerprint density at radius 3 is 2.90 bits per heavy atom. The van der Waals surface area contributed by atoms with Gasteiger partial charge < -0.3 is 5.32 Å². The molecule has 0 aliphatic rings. The standard InChI is InChI=1S/C6H10N4/c1-3-5-6(7-2)8-4-9-10-5/h4H,3H2,1-2H3,(H,7,8,9). The Morgan fingerprint density at radius 2 is 2.40 bits per heavy atom. The summed E-state index contributed by atoms with van der Waals surface area (Å²) in [4.78, 5) is 3.98. The van der Waals surface area contributed by atoms with E-state index in [4.69, 9.17) is 0 Å². The molecule has 0 atom stereocenters. The fourth-order valence-corrected chi connectivity index (χ4v) is 0.748. The molecule has 1 N–H and O–H groups in total. The van der Waals surface area contributed by atoms with E-state index in [1.165, 1.54) is 6.33 Å². The second-order valence-electron chi connectivity index (χ2n) is 1.86. The Bertz CT molecular complexity index is 188. The molecule has 0 spiro atoms. The zero-order valence-electron chi connectivity index (χ0n) is 6.13. The Labute approximate surface area is 59.7 Å². The number of hydrogen-bond acceptors (Lipinski definition) is 4. The van der Waals surface area contributed by atoms with Crippen LogP contribution in [0.4, 0.5) is 5.82 Å². The maximum absolute atomic E-state index is 3.98. The van der Waals surface area contributed by atoms with Crippen molar-refractivity contribution in [3.63, 3.8) is 0 Å². The second-order valence-corrected chi connectivity index (χ2v) is 1.86. The summed E-state index contributed by atoms with van der Waals surface area (Å²) in [5, 5.41) is 10.5. The highest BCUT2D eigenvalue weighted by Gasteiger charge is 1.98. The van der Waals surface area contributed by atoms with Gasteiger partial charge in [-0.15, -0.1) is 5.10 Å². The van der Waals surface area contributed by atoms with Crippen molar-refractivity contribution in [2.75, 3.05) is 12.4 Å². The van der Waals surface area contributed by atoms with E-state index in [9.17, 15) is 0 Å². The number of anilines is 1. The zero-order chi connectivity index (χ0) is 7.40. The summed E-state index contributed by atoms with van der Waals surface area (Å²) in [6.07, 6.45) is 2.29. The van der Waals surface area contributed by atoms with Crippen LogP contribution in [0.25, 0.3) is 0 Å². The van der Waals surface area contributed by atoms with E-state index in [-0.39, 0.29) is 0 Å². The molecule has 4 nitrogen and oxygen atoms in total. The Balaban J connectivity index is 2.96. The third-order valence-electron chi connectivity index (χ3n) is 1.26. The third-order valence-corrected chi connectivity index (χ3v) is 1.26. The number of aromatic nitrogens is 3. The molecule has 1 aromatic heterocycles. The number of nitrogens with zero attached hydrogens (tertiary/aromatic N) is 3. The van der Waals surface area contributed by atoms with Gasteiger partial charge in [0.15, 0.2) is 5.82 Å². The molecule has 0 saturated carbocycles. The maximum atomic E-state index is 3.98. The molecule has 0 aliphatic heterocycles. The van der Waals surface area contributed by atoms with Crippen LogP contribution in [-0.4, -0.2) is 22.2 Å². The monoisotopic (exact) mass is 138 g/mol. The Hall–Kier alpha value is -1.19. The lowest BCUT2D eigenvalue weighted by Crippen LogP contribution is -2.01. The summed E-state index contributed by atoms with van der Waals surface area (Å²) < 4.78 is 0. The molecule has 1 heterocycles. The fourth-order valence-electron chi connectivity index (χ4n) is 0.748. The molecule has 10 heavy (non-hydrogen) atoms. The molecule has 54 valence electrons. The van der Waals surface area contributed by atoms with E-state index in [0.717, 1.165) is 17.9 Å². The summed E-state index contributed by atoms with van der Waals surface area (Å²) in [6.45, 7) is 2.02. The summed E-state index contributed by atoms with van der Waals surface area (Å²) in [5.74, 6) is 0.817. The van der Waals surface area contributed by atoms with Crippen molar-refractivity contribution in [1.29, 1.82) is 0 Å². The second kappa shape index (κ2) is 3.10. The van der Waals surface area contributed by atoms with Crippen LogP contribution in [0.5, 0.6) is 0 Å². The van der Waals surface area contributed by atoms with Gasteiger partial charge in [0.2, 0.25) is 0 Å². The van der Waals surface area contributed by atoms with Gasteiger partial charge in [0.1, 0.15) is 12.0 Å². The van der Waals surface area contributed by atoms with Crippen molar-refractivity contribution in [2.24, 2.45) is 0 Å². The van der Waals surface area contributed by atoms with E-state index in [1.54, 1.807) is 0 Å². The lowest BCUT2D eigenvalue weighted by Gasteiger charge is -2.00. The molecule has 0 aliphatic carbocycles. The quantitative estimate of drug-likeness (QED) is 0.645. The van der Waals surface area contributed by atoms with E-state index in [1.807, 2.05) is 14.0 Å². The van der Waals surface area contributed by atoms with Crippen LogP contribution in [0.2, 0.25) is 0 Å². The van der Waals surface area contributed by atoms with Gasteiger partial charge in [0.05, 0.1) is 0 Å². The minimum Gasteiger partial charge on any atom is -0.372 e. The molecule has 0 bridgehead atoms. The van der Waals surface area contributed by atoms with Crippen LogP contribution in [0.3, 0.4) is 0 Å². The van der Waals surface area contributed by atoms with Crippen molar-refractivity contribution in [3.05, 3.63) is 12.0 Å². The molecule has 0 saturated heterocycles. The number of hydrogen-bond donors (Lipinski definition) is 1. The normalized spacial score (nSPS) is 9.40. The molecule has 0 unspecified atom stereocenters. The van der Waals surface area contributed by atoms with Crippen molar-refractivity contribution in [3.8, 4) is 0 Å². The highest BCUT2D eigenvalue weighted by atomic mass is 15.2. The predicted molar refractivity (Wildman–Crippen MR) is 38.8 cm³/mol. The lowest BCUT2D eigenvalue weighted by molar-refractivity contribution is 0.881. The minimum atomic E-state index is 0.817. The topological polar surface area (TPSA) is 50.7 Å². The largest absolute Gasteiger partial charge is 0.372 e. The first-order valence-electron chi connectivity index (χ1n) is 3.22. The van der Waals surface area contributed by atoms with Gasteiger partial charge in [-0.25, -0.2) is 4.98 Å². The first-order valence-corrected chi connectivity index (χ1v) is 3.22. The lowest BCUT2D eigenvalue weighted by atomic mass is 10.3. The molecule has 1 aromatic rings. The average molecular weight is 138 g/mol. The van der Waals surface area contributed by atoms with Gasteiger partial charge >= 0.3 is 0 Å². The van der Waals surface area contributed by atoms with Crippen molar-refractivity contribution >= 4 is 5.82 Å². The highest BCUT2D eigenvalue weighted by Crippen LogP contribution is 2.04. The van der Waals surface area contributed by atoms with Gasteiger partial charge in [0, 0.05) is 7.05 Å². The highest BCUT2D eigenvalue weighted by molar-refractivity contribution is 5.37. The van der Waals surface area contributed by atoms with Crippen molar-refractivity contribution < 1.29 is 0 Å². The van der Waals surface area contributed by atoms with Crippen LogP contribution in [-0.2, 0) is 6.42 Å². The smallest absolute Gasteiger partial charge is 0.151 e. The minimum absolute atomic E-state index is 0.817. The molecular formula is C6H10N4. The van der Waals surface area contributed by atoms with Gasteiger partial charge in [-0.1, -0.05) is 6.92 Å². The van der Waals surface area contributed by atoms with Crippen LogP contribution >= 0.6 is 0 Å². The first-order chi connectivity index (χ1) is 4.88. The molecule has 0 amide bonds. The summed E-state index contributed by atoms with van der Waals surface area (Å²) in [5.41, 5.74) is 0.907. The average Bonchev–Trinajstić information content (AvgIpc) is 2.04. The maximum Gasteiger partial charge on any atom is 0.151 e.